The normalized spacial score (nSPS) is 19.1. The molecule has 154 valence electrons. The highest BCUT2D eigenvalue weighted by Gasteiger charge is 2.37. The van der Waals surface area contributed by atoms with Crippen LogP contribution in [0.2, 0.25) is 5.02 Å². The van der Waals surface area contributed by atoms with E-state index in [9.17, 15) is 9.90 Å². The number of hydrogen-bond donors (Lipinski definition) is 1. The van der Waals surface area contributed by atoms with Crippen molar-refractivity contribution in [1.82, 2.24) is 4.90 Å². The lowest BCUT2D eigenvalue weighted by Gasteiger charge is -2.23. The van der Waals surface area contributed by atoms with E-state index in [1.165, 1.54) is 11.1 Å². The highest BCUT2D eigenvalue weighted by molar-refractivity contribution is 9.10. The van der Waals surface area contributed by atoms with E-state index in [4.69, 9.17) is 11.6 Å². The SMILES string of the molecule is O=C(O)Cc1ccc(Cl)cc1C1CN(Cc2ccccc2)CC1c1ccccc1Br. The lowest BCUT2D eigenvalue weighted by molar-refractivity contribution is -0.136. The van der Waals surface area contributed by atoms with E-state index in [0.29, 0.717) is 5.02 Å². The standard InChI is InChI=1S/C25H23BrClNO2/c26-24-9-5-4-8-20(24)22-15-28(14-17-6-2-1-3-7-17)16-23(22)21-13-19(27)11-10-18(21)12-25(29)30/h1-11,13,22-23H,12,14-16H2,(H,29,30). The fraction of sp³-hybridized carbons (Fsp3) is 0.240. The molecule has 3 nitrogen and oxygen atoms in total. The van der Waals surface area contributed by atoms with Crippen LogP contribution < -0.4 is 0 Å². The Hall–Kier alpha value is -2.14. The Morgan fingerprint density at radius 2 is 1.63 bits per heavy atom. The Kier molecular flexibility index (Phi) is 6.57. The second kappa shape index (κ2) is 9.34. The van der Waals surface area contributed by atoms with Crippen LogP contribution in [0.4, 0.5) is 0 Å². The summed E-state index contributed by atoms with van der Waals surface area (Å²) in [6.07, 6.45) is 0.00433. The molecule has 3 aromatic carbocycles. The van der Waals surface area contributed by atoms with Crippen LogP contribution in [0.3, 0.4) is 0 Å². The molecular formula is C25H23BrClNO2. The van der Waals surface area contributed by atoms with Gasteiger partial charge in [-0.1, -0.05) is 82.1 Å². The minimum atomic E-state index is -0.824. The molecule has 3 aromatic rings. The number of nitrogens with zero attached hydrogens (tertiary/aromatic N) is 1. The molecule has 0 saturated carbocycles. The molecule has 1 aliphatic rings. The van der Waals surface area contributed by atoms with Gasteiger partial charge in [-0.25, -0.2) is 0 Å². The smallest absolute Gasteiger partial charge is 0.307 e. The number of rotatable bonds is 6. The molecule has 0 spiro atoms. The molecule has 1 N–H and O–H groups in total. The molecule has 1 aliphatic heterocycles. The first-order valence-corrected chi connectivity index (χ1v) is 11.2. The van der Waals surface area contributed by atoms with Gasteiger partial charge in [-0.2, -0.15) is 0 Å². The van der Waals surface area contributed by atoms with Crippen molar-refractivity contribution in [1.29, 1.82) is 0 Å². The molecule has 0 amide bonds. The fourth-order valence-electron chi connectivity index (χ4n) is 4.50. The second-order valence-corrected chi connectivity index (χ2v) is 9.12. The van der Waals surface area contributed by atoms with Crippen LogP contribution in [0.15, 0.2) is 77.3 Å². The predicted octanol–water partition coefficient (Wildman–Crippen LogP) is 6.11. The molecular weight excluding hydrogens is 462 g/mol. The van der Waals surface area contributed by atoms with Gasteiger partial charge in [0.2, 0.25) is 0 Å². The van der Waals surface area contributed by atoms with Crippen LogP contribution in [0, 0.1) is 0 Å². The minimum Gasteiger partial charge on any atom is -0.481 e. The number of likely N-dealkylation sites (tertiary alicyclic amines) is 1. The van der Waals surface area contributed by atoms with Crippen molar-refractivity contribution in [2.24, 2.45) is 0 Å². The first-order chi connectivity index (χ1) is 14.5. The van der Waals surface area contributed by atoms with E-state index in [2.05, 4.69) is 63.3 Å². The lowest BCUT2D eigenvalue weighted by Crippen LogP contribution is -2.20. The van der Waals surface area contributed by atoms with Gasteiger partial charge in [0.15, 0.2) is 0 Å². The quantitative estimate of drug-likeness (QED) is 0.459. The van der Waals surface area contributed by atoms with E-state index in [0.717, 1.165) is 35.2 Å². The van der Waals surface area contributed by atoms with Crippen molar-refractivity contribution in [2.45, 2.75) is 24.8 Å². The van der Waals surface area contributed by atoms with Crippen LogP contribution in [0.5, 0.6) is 0 Å². The Morgan fingerprint density at radius 3 is 2.33 bits per heavy atom. The maximum atomic E-state index is 11.5. The summed E-state index contributed by atoms with van der Waals surface area (Å²) in [5, 5.41) is 10.1. The van der Waals surface area contributed by atoms with Crippen LogP contribution in [-0.2, 0) is 17.8 Å². The van der Waals surface area contributed by atoms with E-state index in [-0.39, 0.29) is 18.3 Å². The number of halogens is 2. The van der Waals surface area contributed by atoms with Crippen LogP contribution in [0.1, 0.15) is 34.1 Å². The third-order valence-electron chi connectivity index (χ3n) is 5.80. The molecule has 4 rings (SSSR count). The molecule has 0 aromatic heterocycles. The fourth-order valence-corrected chi connectivity index (χ4v) is 5.26. The van der Waals surface area contributed by atoms with E-state index in [1.807, 2.05) is 24.3 Å². The maximum Gasteiger partial charge on any atom is 0.307 e. The van der Waals surface area contributed by atoms with Gasteiger partial charge in [0, 0.05) is 41.0 Å². The summed E-state index contributed by atoms with van der Waals surface area (Å²) in [4.78, 5) is 13.9. The first kappa shape index (κ1) is 21.1. The number of hydrogen-bond acceptors (Lipinski definition) is 2. The molecule has 5 heteroatoms. The molecule has 0 bridgehead atoms. The Labute approximate surface area is 190 Å². The largest absolute Gasteiger partial charge is 0.481 e. The van der Waals surface area contributed by atoms with Crippen molar-refractivity contribution < 1.29 is 9.90 Å². The number of benzene rings is 3. The summed E-state index contributed by atoms with van der Waals surface area (Å²) >= 11 is 10.1. The van der Waals surface area contributed by atoms with Crippen molar-refractivity contribution >= 4 is 33.5 Å². The predicted molar refractivity (Wildman–Crippen MR) is 124 cm³/mol. The second-order valence-electron chi connectivity index (χ2n) is 7.83. The number of aliphatic carboxylic acids is 1. The third kappa shape index (κ3) is 4.77. The molecule has 2 atom stereocenters. The van der Waals surface area contributed by atoms with Gasteiger partial charge in [0.1, 0.15) is 0 Å². The highest BCUT2D eigenvalue weighted by Crippen LogP contribution is 2.44. The summed E-state index contributed by atoms with van der Waals surface area (Å²) in [6, 6.07) is 24.4. The molecule has 0 radical (unpaired) electrons. The summed E-state index contributed by atoms with van der Waals surface area (Å²) in [7, 11) is 0. The average molecular weight is 485 g/mol. The molecule has 1 heterocycles. The Bertz CT molecular complexity index is 1040. The lowest BCUT2D eigenvalue weighted by atomic mass is 9.81. The first-order valence-electron chi connectivity index (χ1n) is 10.0. The number of carboxylic acid groups (broad SMARTS) is 1. The zero-order valence-electron chi connectivity index (χ0n) is 16.5. The summed E-state index contributed by atoms with van der Waals surface area (Å²) in [5.74, 6) is -0.411. The van der Waals surface area contributed by atoms with Gasteiger partial charge in [0.25, 0.3) is 0 Å². The zero-order chi connectivity index (χ0) is 21.1. The minimum absolute atomic E-state index is 0.00433. The summed E-state index contributed by atoms with van der Waals surface area (Å²) in [6.45, 7) is 2.63. The van der Waals surface area contributed by atoms with Crippen molar-refractivity contribution in [3.63, 3.8) is 0 Å². The van der Waals surface area contributed by atoms with Gasteiger partial charge in [-0.05, 0) is 40.5 Å². The molecule has 0 aliphatic carbocycles. The van der Waals surface area contributed by atoms with E-state index >= 15 is 0 Å². The molecule has 30 heavy (non-hydrogen) atoms. The van der Waals surface area contributed by atoms with Gasteiger partial charge in [0.05, 0.1) is 6.42 Å². The number of carboxylic acids is 1. The van der Waals surface area contributed by atoms with Crippen molar-refractivity contribution in [3.05, 3.63) is 105 Å². The topological polar surface area (TPSA) is 40.5 Å². The summed E-state index contributed by atoms with van der Waals surface area (Å²) < 4.78 is 1.09. The van der Waals surface area contributed by atoms with Gasteiger partial charge < -0.3 is 5.11 Å². The van der Waals surface area contributed by atoms with E-state index < -0.39 is 5.97 Å². The van der Waals surface area contributed by atoms with Crippen LogP contribution in [0.25, 0.3) is 0 Å². The van der Waals surface area contributed by atoms with Crippen LogP contribution >= 0.6 is 27.5 Å². The highest BCUT2D eigenvalue weighted by atomic mass is 79.9. The van der Waals surface area contributed by atoms with Crippen molar-refractivity contribution in [2.75, 3.05) is 13.1 Å². The Morgan fingerprint density at radius 1 is 0.967 bits per heavy atom. The van der Waals surface area contributed by atoms with Crippen LogP contribution in [-0.4, -0.2) is 29.1 Å². The zero-order valence-corrected chi connectivity index (χ0v) is 18.8. The number of carbonyl (C=O) groups is 1. The molecule has 2 unspecified atom stereocenters. The van der Waals surface area contributed by atoms with Gasteiger partial charge >= 0.3 is 5.97 Å². The van der Waals surface area contributed by atoms with Crippen molar-refractivity contribution in [3.8, 4) is 0 Å². The Balaban J connectivity index is 1.72. The van der Waals surface area contributed by atoms with E-state index in [1.54, 1.807) is 6.07 Å². The van der Waals surface area contributed by atoms with Gasteiger partial charge in [-0.15, -0.1) is 0 Å². The average Bonchev–Trinajstić information content (AvgIpc) is 3.13. The summed E-state index contributed by atoms with van der Waals surface area (Å²) in [5.41, 5.74) is 4.41. The molecule has 1 fully saturated rings. The molecule has 1 saturated heterocycles. The monoisotopic (exact) mass is 483 g/mol. The van der Waals surface area contributed by atoms with Gasteiger partial charge in [-0.3, -0.25) is 9.69 Å². The maximum absolute atomic E-state index is 11.5. The third-order valence-corrected chi connectivity index (χ3v) is 6.76.